The fraction of sp³-hybridized carbons (Fsp3) is 0.400. The zero-order chi connectivity index (χ0) is 23.3. The molecular formula is C25H33N5O2. The molecule has 32 heavy (non-hydrogen) atoms. The van der Waals surface area contributed by atoms with Gasteiger partial charge in [0.25, 0.3) is 5.56 Å². The van der Waals surface area contributed by atoms with E-state index in [0.29, 0.717) is 36.4 Å². The van der Waals surface area contributed by atoms with Gasteiger partial charge in [0.05, 0.1) is 16.9 Å². The van der Waals surface area contributed by atoms with Gasteiger partial charge in [-0.2, -0.15) is 0 Å². The van der Waals surface area contributed by atoms with Crippen LogP contribution < -0.4 is 10.9 Å². The Balaban J connectivity index is 2.03. The van der Waals surface area contributed by atoms with E-state index in [2.05, 4.69) is 5.32 Å². The lowest BCUT2D eigenvalue weighted by molar-refractivity contribution is 0.180. The minimum absolute atomic E-state index is 0.0637. The maximum absolute atomic E-state index is 13.4. The highest BCUT2D eigenvalue weighted by Crippen LogP contribution is 2.22. The molecule has 1 atom stereocenters. The molecule has 7 nitrogen and oxygen atoms in total. The van der Waals surface area contributed by atoms with Gasteiger partial charge in [0.2, 0.25) is 0 Å². The summed E-state index contributed by atoms with van der Waals surface area (Å²) in [5.74, 6) is 0.606. The number of para-hydroxylation sites is 2. The molecule has 1 unspecified atom stereocenters. The molecule has 0 aliphatic heterocycles. The number of urea groups is 1. The van der Waals surface area contributed by atoms with Crippen molar-refractivity contribution in [3.8, 4) is 0 Å². The SMILES string of the molecule is CCCn1c(C(C)N(CCN(C)C)C(=O)Nc2ccccc2C)nc2ccccc2c1=O. The van der Waals surface area contributed by atoms with Crippen LogP contribution >= 0.6 is 0 Å². The van der Waals surface area contributed by atoms with Gasteiger partial charge < -0.3 is 15.1 Å². The molecule has 1 N–H and O–H groups in total. The Hall–Kier alpha value is -3.19. The predicted octanol–water partition coefficient (Wildman–Crippen LogP) is 4.27. The fourth-order valence-corrected chi connectivity index (χ4v) is 3.76. The standard InChI is InChI=1S/C25H33N5O2/c1-6-15-30-23(26-22-14-10-8-12-20(22)24(30)31)19(3)29(17-16-28(4)5)25(32)27-21-13-9-7-11-18(21)2/h7-14,19H,6,15-17H2,1-5H3,(H,27,32). The van der Waals surface area contributed by atoms with Crippen molar-refractivity contribution < 1.29 is 4.79 Å². The zero-order valence-corrected chi connectivity index (χ0v) is 19.6. The van der Waals surface area contributed by atoms with Crippen LogP contribution in [0.25, 0.3) is 10.9 Å². The van der Waals surface area contributed by atoms with Gasteiger partial charge >= 0.3 is 6.03 Å². The maximum Gasteiger partial charge on any atom is 0.322 e. The van der Waals surface area contributed by atoms with E-state index in [1.165, 1.54) is 0 Å². The number of benzene rings is 2. The van der Waals surface area contributed by atoms with Crippen LogP contribution in [-0.4, -0.2) is 52.6 Å². The van der Waals surface area contributed by atoms with E-state index in [0.717, 1.165) is 17.7 Å². The Labute approximate surface area is 189 Å². The van der Waals surface area contributed by atoms with Gasteiger partial charge in [-0.05, 0) is 58.1 Å². The van der Waals surface area contributed by atoms with Crippen LogP contribution in [0.4, 0.5) is 10.5 Å². The number of rotatable bonds is 8. The molecule has 2 amide bonds. The molecular weight excluding hydrogens is 402 g/mol. The Kier molecular flexibility index (Phi) is 7.64. The molecule has 0 bridgehead atoms. The average molecular weight is 436 g/mol. The van der Waals surface area contributed by atoms with E-state index in [1.54, 1.807) is 15.5 Å². The van der Waals surface area contributed by atoms with Gasteiger partial charge in [-0.25, -0.2) is 9.78 Å². The number of amides is 2. The maximum atomic E-state index is 13.4. The summed E-state index contributed by atoms with van der Waals surface area (Å²) in [5.41, 5.74) is 2.36. The fourth-order valence-electron chi connectivity index (χ4n) is 3.76. The van der Waals surface area contributed by atoms with Gasteiger partial charge in [0.15, 0.2) is 0 Å². The first kappa shape index (κ1) is 23.5. The number of aryl methyl sites for hydroxylation is 1. The number of fused-ring (bicyclic) bond motifs is 1. The number of hydrogen-bond donors (Lipinski definition) is 1. The molecule has 0 aliphatic carbocycles. The molecule has 0 aliphatic rings. The minimum atomic E-state index is -0.386. The van der Waals surface area contributed by atoms with Crippen molar-refractivity contribution in [2.24, 2.45) is 0 Å². The van der Waals surface area contributed by atoms with E-state index in [-0.39, 0.29) is 17.6 Å². The lowest BCUT2D eigenvalue weighted by Gasteiger charge is -2.31. The molecule has 0 saturated carbocycles. The molecule has 0 spiro atoms. The Bertz CT molecular complexity index is 1140. The van der Waals surface area contributed by atoms with Crippen LogP contribution in [0.15, 0.2) is 53.3 Å². The molecule has 3 aromatic rings. The third-order valence-corrected chi connectivity index (χ3v) is 5.62. The topological polar surface area (TPSA) is 70.5 Å². The van der Waals surface area contributed by atoms with Crippen LogP contribution in [-0.2, 0) is 6.54 Å². The molecule has 1 aromatic heterocycles. The third-order valence-electron chi connectivity index (χ3n) is 5.62. The number of aromatic nitrogens is 2. The lowest BCUT2D eigenvalue weighted by atomic mass is 10.2. The van der Waals surface area contributed by atoms with E-state index < -0.39 is 0 Å². The van der Waals surface area contributed by atoms with Crippen molar-refractivity contribution in [2.45, 2.75) is 39.8 Å². The molecule has 0 saturated heterocycles. The van der Waals surface area contributed by atoms with E-state index >= 15 is 0 Å². The van der Waals surface area contributed by atoms with Crippen LogP contribution in [0.5, 0.6) is 0 Å². The molecule has 7 heteroatoms. The second kappa shape index (κ2) is 10.4. The second-order valence-corrected chi connectivity index (χ2v) is 8.36. The predicted molar refractivity (Wildman–Crippen MR) is 130 cm³/mol. The van der Waals surface area contributed by atoms with Crippen molar-refractivity contribution in [3.63, 3.8) is 0 Å². The van der Waals surface area contributed by atoms with E-state index in [9.17, 15) is 9.59 Å². The summed E-state index contributed by atoms with van der Waals surface area (Å²) >= 11 is 0. The Morgan fingerprint density at radius 3 is 2.47 bits per heavy atom. The Morgan fingerprint density at radius 2 is 1.78 bits per heavy atom. The molecule has 170 valence electrons. The molecule has 2 aromatic carbocycles. The summed E-state index contributed by atoms with van der Waals surface area (Å²) < 4.78 is 1.72. The van der Waals surface area contributed by atoms with Crippen LogP contribution in [0.3, 0.4) is 0 Å². The first-order valence-electron chi connectivity index (χ1n) is 11.1. The monoisotopic (exact) mass is 435 g/mol. The molecule has 3 rings (SSSR count). The van der Waals surface area contributed by atoms with Crippen molar-refractivity contribution in [1.82, 2.24) is 19.4 Å². The number of likely N-dealkylation sites (N-methyl/N-ethyl adjacent to an activating group) is 1. The largest absolute Gasteiger partial charge is 0.322 e. The van der Waals surface area contributed by atoms with Crippen molar-refractivity contribution >= 4 is 22.6 Å². The number of anilines is 1. The summed E-state index contributed by atoms with van der Waals surface area (Å²) in [5, 5.41) is 3.64. The van der Waals surface area contributed by atoms with E-state index in [1.807, 2.05) is 82.2 Å². The highest BCUT2D eigenvalue weighted by atomic mass is 16.2. The van der Waals surface area contributed by atoms with Gasteiger partial charge in [0.1, 0.15) is 5.82 Å². The summed E-state index contributed by atoms with van der Waals surface area (Å²) in [4.78, 5) is 35.3. The average Bonchev–Trinajstić information content (AvgIpc) is 2.77. The Morgan fingerprint density at radius 1 is 1.09 bits per heavy atom. The molecule has 1 heterocycles. The number of hydrogen-bond acceptors (Lipinski definition) is 4. The number of nitrogens with zero attached hydrogens (tertiary/aromatic N) is 4. The first-order chi connectivity index (χ1) is 15.3. The summed E-state index contributed by atoms with van der Waals surface area (Å²) in [6, 6.07) is 14.5. The van der Waals surface area contributed by atoms with Gasteiger partial charge in [-0.15, -0.1) is 0 Å². The smallest absolute Gasteiger partial charge is 0.313 e. The van der Waals surface area contributed by atoms with Crippen molar-refractivity contribution in [2.75, 3.05) is 32.5 Å². The van der Waals surface area contributed by atoms with Gasteiger partial charge in [-0.3, -0.25) is 9.36 Å². The quantitative estimate of drug-likeness (QED) is 0.574. The highest BCUT2D eigenvalue weighted by molar-refractivity contribution is 5.90. The van der Waals surface area contributed by atoms with Gasteiger partial charge in [0, 0.05) is 25.3 Å². The molecule has 0 fully saturated rings. The van der Waals surface area contributed by atoms with Crippen LogP contribution in [0.1, 0.15) is 37.7 Å². The zero-order valence-electron chi connectivity index (χ0n) is 19.6. The number of nitrogens with one attached hydrogen (secondary N) is 1. The minimum Gasteiger partial charge on any atom is -0.313 e. The summed E-state index contributed by atoms with van der Waals surface area (Å²) in [7, 11) is 3.95. The first-order valence-corrected chi connectivity index (χ1v) is 11.1. The van der Waals surface area contributed by atoms with Crippen molar-refractivity contribution in [1.29, 1.82) is 0 Å². The highest BCUT2D eigenvalue weighted by Gasteiger charge is 2.26. The summed E-state index contributed by atoms with van der Waals surface area (Å²) in [6.07, 6.45) is 0.798. The van der Waals surface area contributed by atoms with Gasteiger partial charge in [-0.1, -0.05) is 37.3 Å². The van der Waals surface area contributed by atoms with Crippen LogP contribution in [0.2, 0.25) is 0 Å². The summed E-state index contributed by atoms with van der Waals surface area (Å²) in [6.45, 7) is 7.68. The normalized spacial score (nSPS) is 12.2. The lowest BCUT2D eigenvalue weighted by Crippen LogP contribution is -2.43. The van der Waals surface area contributed by atoms with E-state index in [4.69, 9.17) is 4.98 Å². The van der Waals surface area contributed by atoms with Crippen molar-refractivity contribution in [3.05, 3.63) is 70.3 Å². The third kappa shape index (κ3) is 5.16. The number of carbonyl (C=O) groups excluding carboxylic acids is 1. The molecule has 0 radical (unpaired) electrons. The second-order valence-electron chi connectivity index (χ2n) is 8.36. The number of carbonyl (C=O) groups is 1. The van der Waals surface area contributed by atoms with Crippen LogP contribution in [0, 0.1) is 6.92 Å².